The molecular formula is C9H9NO. The van der Waals surface area contributed by atoms with Crippen LogP contribution in [0.3, 0.4) is 0 Å². The molecule has 0 unspecified atom stereocenters. The van der Waals surface area contributed by atoms with E-state index in [0.717, 1.165) is 11.1 Å². The van der Waals surface area contributed by atoms with E-state index in [1.807, 2.05) is 19.1 Å². The van der Waals surface area contributed by atoms with E-state index in [0.29, 0.717) is 5.56 Å². The summed E-state index contributed by atoms with van der Waals surface area (Å²) >= 11 is 0. The number of nitriles is 1. The number of phenolic OH excluding ortho intramolecular Hbond substituents is 1. The van der Waals surface area contributed by atoms with Crippen molar-refractivity contribution in [3.8, 4) is 11.8 Å². The summed E-state index contributed by atoms with van der Waals surface area (Å²) in [5.41, 5.74) is 2.10. The van der Waals surface area contributed by atoms with Crippen LogP contribution in [0.1, 0.15) is 16.7 Å². The number of aryl methyl sites for hydroxylation is 2. The Morgan fingerprint density at radius 2 is 2.00 bits per heavy atom. The van der Waals surface area contributed by atoms with Crippen LogP contribution in [0.25, 0.3) is 0 Å². The molecule has 0 amide bonds. The molecule has 0 heterocycles. The quantitative estimate of drug-likeness (QED) is 0.608. The van der Waals surface area contributed by atoms with Gasteiger partial charge in [0.15, 0.2) is 0 Å². The van der Waals surface area contributed by atoms with Gasteiger partial charge in [-0.05, 0) is 31.0 Å². The lowest BCUT2D eigenvalue weighted by Crippen LogP contribution is -1.83. The van der Waals surface area contributed by atoms with Crippen molar-refractivity contribution in [1.29, 1.82) is 5.26 Å². The molecule has 0 aliphatic heterocycles. The number of aromatic hydroxyl groups is 1. The Hall–Kier alpha value is -1.49. The third-order valence-corrected chi connectivity index (χ3v) is 1.57. The molecule has 1 N–H and O–H groups in total. The number of hydrogen-bond acceptors (Lipinski definition) is 2. The summed E-state index contributed by atoms with van der Waals surface area (Å²) in [6.45, 7) is 3.68. The fraction of sp³-hybridized carbons (Fsp3) is 0.222. The van der Waals surface area contributed by atoms with Gasteiger partial charge in [0, 0.05) is 0 Å². The molecule has 2 nitrogen and oxygen atoms in total. The van der Waals surface area contributed by atoms with Crippen LogP contribution in [0.4, 0.5) is 0 Å². The van der Waals surface area contributed by atoms with Crippen LogP contribution in [0, 0.1) is 25.2 Å². The molecule has 1 aromatic carbocycles. The molecule has 0 aromatic heterocycles. The molecular weight excluding hydrogens is 138 g/mol. The fourth-order valence-electron chi connectivity index (χ4n) is 1.05. The number of rotatable bonds is 0. The van der Waals surface area contributed by atoms with Crippen molar-refractivity contribution in [2.75, 3.05) is 0 Å². The van der Waals surface area contributed by atoms with E-state index in [4.69, 9.17) is 5.26 Å². The number of phenols is 1. The molecule has 0 spiro atoms. The molecule has 0 radical (unpaired) electrons. The third kappa shape index (κ3) is 1.32. The Labute approximate surface area is 65.7 Å². The van der Waals surface area contributed by atoms with Gasteiger partial charge < -0.3 is 5.11 Å². The van der Waals surface area contributed by atoms with Crippen molar-refractivity contribution in [2.24, 2.45) is 0 Å². The summed E-state index contributed by atoms with van der Waals surface area (Å²) in [6, 6.07) is 5.44. The molecule has 1 rings (SSSR count). The highest BCUT2D eigenvalue weighted by molar-refractivity contribution is 5.49. The van der Waals surface area contributed by atoms with Crippen molar-refractivity contribution in [2.45, 2.75) is 13.8 Å². The summed E-state index contributed by atoms with van der Waals surface area (Å²) in [7, 11) is 0. The first-order chi connectivity index (χ1) is 5.15. The molecule has 0 aliphatic carbocycles. The number of hydrogen-bond donors (Lipinski definition) is 1. The molecule has 2 heteroatoms. The zero-order valence-corrected chi connectivity index (χ0v) is 6.55. The Morgan fingerprint density at radius 3 is 2.55 bits per heavy atom. The van der Waals surface area contributed by atoms with Crippen molar-refractivity contribution < 1.29 is 5.11 Å². The van der Waals surface area contributed by atoms with Gasteiger partial charge in [-0.15, -0.1) is 0 Å². The van der Waals surface area contributed by atoms with Crippen molar-refractivity contribution in [1.82, 2.24) is 0 Å². The Morgan fingerprint density at radius 1 is 1.36 bits per heavy atom. The molecule has 0 saturated carbocycles. The highest BCUT2D eigenvalue weighted by Crippen LogP contribution is 2.22. The first-order valence-electron chi connectivity index (χ1n) is 3.35. The summed E-state index contributed by atoms with van der Waals surface area (Å²) in [5, 5.41) is 17.9. The fourth-order valence-corrected chi connectivity index (χ4v) is 1.05. The first kappa shape index (κ1) is 7.62. The minimum atomic E-state index is 0.0955. The Kier molecular flexibility index (Phi) is 1.82. The maximum atomic E-state index is 9.30. The molecule has 0 saturated heterocycles. The van der Waals surface area contributed by atoms with E-state index < -0.39 is 0 Å². The highest BCUT2D eigenvalue weighted by Gasteiger charge is 2.03. The van der Waals surface area contributed by atoms with E-state index in [2.05, 4.69) is 0 Å². The maximum absolute atomic E-state index is 9.30. The van der Waals surface area contributed by atoms with Gasteiger partial charge >= 0.3 is 0 Å². The van der Waals surface area contributed by atoms with Gasteiger partial charge in [-0.3, -0.25) is 0 Å². The lowest BCUT2D eigenvalue weighted by molar-refractivity contribution is 0.469. The normalized spacial score (nSPS) is 9.18. The average Bonchev–Trinajstić information content (AvgIpc) is 1.96. The molecule has 11 heavy (non-hydrogen) atoms. The summed E-state index contributed by atoms with van der Waals surface area (Å²) in [6.07, 6.45) is 0. The lowest BCUT2D eigenvalue weighted by Gasteiger charge is -2.01. The molecule has 56 valence electrons. The van der Waals surface area contributed by atoms with E-state index in [-0.39, 0.29) is 5.75 Å². The van der Waals surface area contributed by atoms with Crippen molar-refractivity contribution in [3.63, 3.8) is 0 Å². The monoisotopic (exact) mass is 147 g/mol. The van der Waals surface area contributed by atoms with E-state index in [9.17, 15) is 5.11 Å². The Bertz CT molecular complexity index is 323. The third-order valence-electron chi connectivity index (χ3n) is 1.57. The smallest absolute Gasteiger partial charge is 0.136 e. The minimum absolute atomic E-state index is 0.0955. The van der Waals surface area contributed by atoms with Gasteiger partial charge in [0.25, 0.3) is 0 Å². The van der Waals surface area contributed by atoms with Gasteiger partial charge in [-0.1, -0.05) is 6.07 Å². The maximum Gasteiger partial charge on any atom is 0.136 e. The van der Waals surface area contributed by atoms with Gasteiger partial charge in [0.1, 0.15) is 11.8 Å². The Balaban J connectivity index is 3.39. The van der Waals surface area contributed by atoms with Crippen LogP contribution < -0.4 is 0 Å². The topological polar surface area (TPSA) is 44.0 Å². The zero-order chi connectivity index (χ0) is 8.43. The first-order valence-corrected chi connectivity index (χ1v) is 3.35. The second-order valence-corrected chi connectivity index (χ2v) is 2.59. The van der Waals surface area contributed by atoms with E-state index >= 15 is 0 Å². The average molecular weight is 147 g/mol. The van der Waals surface area contributed by atoms with Crippen LogP contribution in [0.2, 0.25) is 0 Å². The van der Waals surface area contributed by atoms with Gasteiger partial charge in [-0.2, -0.15) is 5.26 Å². The molecule has 0 atom stereocenters. The van der Waals surface area contributed by atoms with Crippen LogP contribution in [-0.2, 0) is 0 Å². The standard InChI is InChI=1S/C9H9NO/c1-6-3-7(2)9(11)8(4-6)5-10/h3-4,11H,1-2H3. The van der Waals surface area contributed by atoms with Crippen molar-refractivity contribution in [3.05, 3.63) is 28.8 Å². The SMILES string of the molecule is Cc1cc(C)c(O)c(C#N)c1. The second-order valence-electron chi connectivity index (χ2n) is 2.59. The number of nitrogens with zero attached hydrogens (tertiary/aromatic N) is 1. The molecule has 0 bridgehead atoms. The van der Waals surface area contributed by atoms with Crippen LogP contribution >= 0.6 is 0 Å². The van der Waals surface area contributed by atoms with Crippen LogP contribution in [0.5, 0.6) is 5.75 Å². The molecule has 1 aromatic rings. The highest BCUT2D eigenvalue weighted by atomic mass is 16.3. The molecule has 0 aliphatic rings. The predicted molar refractivity (Wildman–Crippen MR) is 42.3 cm³/mol. The summed E-state index contributed by atoms with van der Waals surface area (Å²) < 4.78 is 0. The zero-order valence-electron chi connectivity index (χ0n) is 6.55. The summed E-state index contributed by atoms with van der Waals surface area (Å²) in [5.74, 6) is 0.0955. The van der Waals surface area contributed by atoms with Gasteiger partial charge in [-0.25, -0.2) is 0 Å². The van der Waals surface area contributed by atoms with Gasteiger partial charge in [0.2, 0.25) is 0 Å². The van der Waals surface area contributed by atoms with Crippen LogP contribution in [0.15, 0.2) is 12.1 Å². The van der Waals surface area contributed by atoms with E-state index in [1.165, 1.54) is 0 Å². The second kappa shape index (κ2) is 2.63. The summed E-state index contributed by atoms with van der Waals surface area (Å²) in [4.78, 5) is 0. The minimum Gasteiger partial charge on any atom is -0.506 e. The predicted octanol–water partition coefficient (Wildman–Crippen LogP) is 1.88. The van der Waals surface area contributed by atoms with Crippen molar-refractivity contribution >= 4 is 0 Å². The number of benzene rings is 1. The lowest BCUT2D eigenvalue weighted by atomic mass is 10.1. The van der Waals surface area contributed by atoms with E-state index in [1.54, 1.807) is 13.0 Å². The largest absolute Gasteiger partial charge is 0.506 e. The van der Waals surface area contributed by atoms with Crippen LogP contribution in [-0.4, -0.2) is 5.11 Å². The molecule has 0 fully saturated rings. The van der Waals surface area contributed by atoms with Gasteiger partial charge in [0.05, 0.1) is 5.56 Å².